The van der Waals surface area contributed by atoms with Crippen LogP contribution in [0.15, 0.2) is 18.2 Å². The molecule has 0 amide bonds. The van der Waals surface area contributed by atoms with Gasteiger partial charge in [-0.1, -0.05) is 11.6 Å². The molecule has 1 aliphatic rings. The largest absolute Gasteiger partial charge is 0.464 e. The maximum atomic E-state index is 10.8. The van der Waals surface area contributed by atoms with Crippen molar-refractivity contribution in [3.63, 3.8) is 0 Å². The Balaban J connectivity index is 2.10. The fourth-order valence-electron chi connectivity index (χ4n) is 1.66. The van der Waals surface area contributed by atoms with Crippen molar-refractivity contribution in [2.45, 2.75) is 25.6 Å². The molecule has 1 atom stereocenters. The lowest BCUT2D eigenvalue weighted by Gasteiger charge is -2.24. The quantitative estimate of drug-likeness (QED) is 0.762. The van der Waals surface area contributed by atoms with Gasteiger partial charge in [0.25, 0.3) is 0 Å². The van der Waals surface area contributed by atoms with Crippen LogP contribution in [-0.4, -0.2) is 19.2 Å². The molecule has 4 heteroatoms. The average Bonchev–Trinajstić information content (AvgIpc) is 2.33. The molecule has 1 saturated heterocycles. The van der Waals surface area contributed by atoms with Gasteiger partial charge in [0.2, 0.25) is 0 Å². The van der Waals surface area contributed by atoms with Crippen LogP contribution < -0.4 is 4.74 Å². The normalized spacial score (nSPS) is 20.4. The predicted molar refractivity (Wildman–Crippen MR) is 61.1 cm³/mol. The first-order valence-electron chi connectivity index (χ1n) is 5.32. The highest BCUT2D eigenvalue weighted by Gasteiger charge is 2.16. The molecule has 0 radical (unpaired) electrons. The molecule has 0 bridgehead atoms. The fraction of sp³-hybridized carbons (Fsp3) is 0.417. The zero-order valence-corrected chi connectivity index (χ0v) is 9.57. The third-order valence-corrected chi connectivity index (χ3v) is 2.73. The van der Waals surface area contributed by atoms with E-state index >= 15 is 0 Å². The van der Waals surface area contributed by atoms with Crippen molar-refractivity contribution < 1.29 is 14.3 Å². The molecule has 1 heterocycles. The number of hydrogen-bond donors (Lipinski definition) is 0. The average molecular weight is 241 g/mol. The lowest BCUT2D eigenvalue weighted by Crippen LogP contribution is -2.25. The smallest absolute Gasteiger partial charge is 0.199 e. The molecule has 0 saturated carbocycles. The van der Waals surface area contributed by atoms with Crippen LogP contribution in [0.25, 0.3) is 0 Å². The highest BCUT2D eigenvalue weighted by Crippen LogP contribution is 2.24. The molecular weight excluding hydrogens is 228 g/mol. The van der Waals surface area contributed by atoms with Crippen LogP contribution >= 0.6 is 11.6 Å². The highest BCUT2D eigenvalue weighted by molar-refractivity contribution is 6.30. The monoisotopic (exact) mass is 240 g/mol. The van der Waals surface area contributed by atoms with Gasteiger partial charge in [0.1, 0.15) is 5.75 Å². The topological polar surface area (TPSA) is 35.5 Å². The van der Waals surface area contributed by atoms with Gasteiger partial charge in [0.15, 0.2) is 12.6 Å². The van der Waals surface area contributed by atoms with Crippen molar-refractivity contribution in [3.05, 3.63) is 28.8 Å². The SMILES string of the molecule is O=Cc1cc(Cl)ccc1OC1CCCCO1. The van der Waals surface area contributed by atoms with Crippen LogP contribution in [0.3, 0.4) is 0 Å². The van der Waals surface area contributed by atoms with E-state index in [0.717, 1.165) is 25.5 Å². The summed E-state index contributed by atoms with van der Waals surface area (Å²) in [6, 6.07) is 4.99. The third kappa shape index (κ3) is 2.74. The Hall–Kier alpha value is -1.06. The minimum absolute atomic E-state index is 0.242. The Morgan fingerprint density at radius 1 is 1.44 bits per heavy atom. The van der Waals surface area contributed by atoms with E-state index in [1.165, 1.54) is 0 Å². The Morgan fingerprint density at radius 3 is 3.00 bits per heavy atom. The fourth-order valence-corrected chi connectivity index (χ4v) is 1.85. The van der Waals surface area contributed by atoms with Crippen LogP contribution in [0.1, 0.15) is 29.6 Å². The van der Waals surface area contributed by atoms with Gasteiger partial charge in [-0.25, -0.2) is 0 Å². The zero-order valence-electron chi connectivity index (χ0n) is 8.82. The molecule has 1 fully saturated rings. The first-order valence-corrected chi connectivity index (χ1v) is 5.70. The highest BCUT2D eigenvalue weighted by atomic mass is 35.5. The van der Waals surface area contributed by atoms with Crippen LogP contribution in [0.2, 0.25) is 5.02 Å². The lowest BCUT2D eigenvalue weighted by atomic mass is 10.2. The number of rotatable bonds is 3. The number of benzene rings is 1. The molecule has 1 aliphatic heterocycles. The predicted octanol–water partition coefficient (Wildman–Crippen LogP) is 3.06. The number of carbonyl (C=O) groups excluding carboxylic acids is 1. The maximum absolute atomic E-state index is 10.8. The van der Waals surface area contributed by atoms with Crippen LogP contribution in [0, 0.1) is 0 Å². The molecule has 1 aromatic carbocycles. The van der Waals surface area contributed by atoms with Gasteiger partial charge in [-0.05, 0) is 31.0 Å². The van der Waals surface area contributed by atoms with Crippen molar-refractivity contribution in [1.82, 2.24) is 0 Å². The molecule has 2 rings (SSSR count). The summed E-state index contributed by atoms with van der Waals surface area (Å²) >= 11 is 5.79. The first kappa shape index (κ1) is 11.4. The van der Waals surface area contributed by atoms with Gasteiger partial charge >= 0.3 is 0 Å². The Kier molecular flexibility index (Phi) is 3.80. The Labute approximate surface area is 99.3 Å². The number of carbonyl (C=O) groups is 1. The summed E-state index contributed by atoms with van der Waals surface area (Å²) in [5.41, 5.74) is 0.460. The standard InChI is InChI=1S/C12H13ClO3/c13-10-4-5-11(9(7-10)8-14)16-12-3-1-2-6-15-12/h4-5,7-8,12H,1-3,6H2. The van der Waals surface area contributed by atoms with Gasteiger partial charge in [-0.3, -0.25) is 4.79 Å². The molecule has 0 N–H and O–H groups in total. The molecule has 1 unspecified atom stereocenters. The minimum atomic E-state index is -0.242. The molecule has 0 aromatic heterocycles. The van der Waals surface area contributed by atoms with Gasteiger partial charge < -0.3 is 9.47 Å². The second kappa shape index (κ2) is 5.32. The van der Waals surface area contributed by atoms with Gasteiger partial charge in [-0.15, -0.1) is 0 Å². The molecule has 3 nitrogen and oxygen atoms in total. The van der Waals surface area contributed by atoms with E-state index in [-0.39, 0.29) is 6.29 Å². The number of aldehydes is 1. The molecular formula is C12H13ClO3. The second-order valence-electron chi connectivity index (χ2n) is 3.71. The van der Waals surface area contributed by atoms with E-state index < -0.39 is 0 Å². The molecule has 86 valence electrons. The third-order valence-electron chi connectivity index (χ3n) is 2.50. The molecule has 1 aromatic rings. The summed E-state index contributed by atoms with van der Waals surface area (Å²) in [7, 11) is 0. The van der Waals surface area contributed by atoms with E-state index in [0.29, 0.717) is 22.9 Å². The van der Waals surface area contributed by atoms with E-state index in [1.54, 1.807) is 18.2 Å². The van der Waals surface area contributed by atoms with Gasteiger partial charge in [-0.2, -0.15) is 0 Å². The zero-order chi connectivity index (χ0) is 11.4. The van der Waals surface area contributed by atoms with Crippen molar-refractivity contribution in [2.24, 2.45) is 0 Å². The van der Waals surface area contributed by atoms with Crippen molar-refractivity contribution in [1.29, 1.82) is 0 Å². The summed E-state index contributed by atoms with van der Waals surface area (Å²) in [6.07, 6.45) is 3.52. The van der Waals surface area contributed by atoms with Gasteiger partial charge in [0, 0.05) is 11.4 Å². The summed E-state index contributed by atoms with van der Waals surface area (Å²) < 4.78 is 11.1. The Morgan fingerprint density at radius 2 is 2.31 bits per heavy atom. The van der Waals surface area contributed by atoms with Gasteiger partial charge in [0.05, 0.1) is 12.2 Å². The summed E-state index contributed by atoms with van der Waals surface area (Å²) in [5, 5.41) is 0.527. The van der Waals surface area contributed by atoms with Crippen LogP contribution in [-0.2, 0) is 4.74 Å². The summed E-state index contributed by atoms with van der Waals surface area (Å²) in [5.74, 6) is 0.534. The van der Waals surface area contributed by atoms with Crippen molar-refractivity contribution in [2.75, 3.05) is 6.61 Å². The van der Waals surface area contributed by atoms with Crippen LogP contribution in [0.5, 0.6) is 5.75 Å². The number of ether oxygens (including phenoxy) is 2. The van der Waals surface area contributed by atoms with Crippen molar-refractivity contribution >= 4 is 17.9 Å². The van der Waals surface area contributed by atoms with E-state index in [2.05, 4.69) is 0 Å². The molecule has 16 heavy (non-hydrogen) atoms. The molecule has 0 aliphatic carbocycles. The lowest BCUT2D eigenvalue weighted by molar-refractivity contribution is -0.106. The first-order chi connectivity index (χ1) is 7.79. The minimum Gasteiger partial charge on any atom is -0.464 e. The summed E-state index contributed by atoms with van der Waals surface area (Å²) in [4.78, 5) is 10.8. The number of hydrogen-bond acceptors (Lipinski definition) is 3. The maximum Gasteiger partial charge on any atom is 0.199 e. The van der Waals surface area contributed by atoms with E-state index in [9.17, 15) is 4.79 Å². The van der Waals surface area contributed by atoms with Crippen molar-refractivity contribution in [3.8, 4) is 5.75 Å². The van der Waals surface area contributed by atoms with E-state index in [1.807, 2.05) is 0 Å². The number of halogens is 1. The molecule has 0 spiro atoms. The summed E-state index contributed by atoms with van der Waals surface area (Å²) in [6.45, 7) is 0.717. The van der Waals surface area contributed by atoms with E-state index in [4.69, 9.17) is 21.1 Å². The Bertz CT molecular complexity index is 373. The second-order valence-corrected chi connectivity index (χ2v) is 4.15. The van der Waals surface area contributed by atoms with Crippen LogP contribution in [0.4, 0.5) is 0 Å².